The number of hydrogen-bond acceptors (Lipinski definition) is 4. The lowest BCUT2D eigenvalue weighted by Gasteiger charge is -2.17. The first-order chi connectivity index (χ1) is 17.2. The maximum Gasteiger partial charge on any atom is 0.127 e. The molecule has 0 bridgehead atoms. The fraction of sp³-hybridized carbons (Fsp3) is 0.111. The van der Waals surface area contributed by atoms with Crippen LogP contribution in [0.25, 0.3) is 20.9 Å². The number of rotatable bonds is 9. The van der Waals surface area contributed by atoms with Crippen molar-refractivity contribution in [3.05, 3.63) is 129 Å². The van der Waals surface area contributed by atoms with Gasteiger partial charge in [-0.2, -0.15) is 0 Å². The minimum atomic E-state index is 0.222. The van der Waals surface area contributed by atoms with E-state index in [1.807, 2.05) is 36.4 Å². The molecule has 4 aromatic carbocycles. The summed E-state index contributed by atoms with van der Waals surface area (Å²) in [6.07, 6.45) is 0.933. The molecule has 4 aromatic rings. The van der Waals surface area contributed by atoms with Gasteiger partial charge in [0.25, 0.3) is 0 Å². The molecule has 0 aliphatic rings. The first kappa shape index (κ1) is 23.3. The van der Waals surface area contributed by atoms with Gasteiger partial charge in [-0.25, -0.2) is 0 Å². The van der Waals surface area contributed by atoms with Crippen LogP contribution >= 0.6 is 0 Å². The van der Waals surface area contributed by atoms with Gasteiger partial charge in [0.15, 0.2) is 0 Å². The third-order valence-electron chi connectivity index (χ3n) is 5.40. The average Bonchev–Trinajstić information content (AvgIpc) is 2.87. The van der Waals surface area contributed by atoms with Crippen LogP contribution in [0.2, 0.25) is 0 Å². The van der Waals surface area contributed by atoms with Crippen molar-refractivity contribution in [3.63, 3.8) is 0 Å². The van der Waals surface area contributed by atoms with E-state index in [2.05, 4.69) is 51.2 Å². The molecule has 8 heteroatoms. The van der Waals surface area contributed by atoms with Crippen molar-refractivity contribution in [1.82, 2.24) is 0 Å². The molecule has 0 radical (unpaired) electrons. The molecule has 0 spiro atoms. The first-order valence-corrected chi connectivity index (χ1v) is 11.0. The van der Waals surface area contributed by atoms with Crippen molar-refractivity contribution in [2.45, 2.75) is 19.3 Å². The molecule has 0 heterocycles. The number of azide groups is 2. The number of ether oxygens (including phenoxy) is 2. The molecule has 0 amide bonds. The summed E-state index contributed by atoms with van der Waals surface area (Å²) in [5.74, 6) is 2.84. The third-order valence-corrected chi connectivity index (χ3v) is 5.40. The predicted octanol–water partition coefficient (Wildman–Crippen LogP) is 9.70. The summed E-state index contributed by atoms with van der Waals surface area (Å²) in [4.78, 5) is 5.61. The molecule has 0 fully saturated rings. The topological polar surface area (TPSA) is 116 Å². The molecule has 0 aromatic heterocycles. The van der Waals surface area contributed by atoms with E-state index in [-0.39, 0.29) is 5.92 Å². The average molecular weight is 463 g/mol. The summed E-state index contributed by atoms with van der Waals surface area (Å²) in [5.41, 5.74) is 20.6. The van der Waals surface area contributed by atoms with E-state index in [1.54, 1.807) is 36.4 Å². The van der Waals surface area contributed by atoms with Gasteiger partial charge in [0.1, 0.15) is 23.0 Å². The second-order valence-corrected chi connectivity index (χ2v) is 7.68. The number of nitrogens with zero attached hydrogens (tertiary/aromatic N) is 6. The Hall–Kier alpha value is -4.90. The molecule has 0 aliphatic carbocycles. The van der Waals surface area contributed by atoms with Crippen molar-refractivity contribution in [3.8, 4) is 23.0 Å². The number of benzene rings is 4. The summed E-state index contributed by atoms with van der Waals surface area (Å²) < 4.78 is 11.8. The minimum Gasteiger partial charge on any atom is -0.457 e. The van der Waals surface area contributed by atoms with Crippen LogP contribution in [0, 0.1) is 0 Å². The Morgan fingerprint density at radius 2 is 1.06 bits per heavy atom. The van der Waals surface area contributed by atoms with Gasteiger partial charge in [-0.3, -0.25) is 0 Å². The zero-order chi connectivity index (χ0) is 24.5. The van der Waals surface area contributed by atoms with Crippen molar-refractivity contribution in [2.24, 2.45) is 10.2 Å². The highest BCUT2D eigenvalue weighted by molar-refractivity contribution is 5.47. The van der Waals surface area contributed by atoms with Gasteiger partial charge in [-0.1, -0.05) is 65.7 Å². The second-order valence-electron chi connectivity index (χ2n) is 7.68. The lowest BCUT2D eigenvalue weighted by atomic mass is 9.89. The van der Waals surface area contributed by atoms with Crippen LogP contribution in [-0.4, -0.2) is 0 Å². The summed E-state index contributed by atoms with van der Waals surface area (Å²) >= 11 is 0. The Labute approximate surface area is 202 Å². The minimum absolute atomic E-state index is 0.222. The molecule has 0 N–H and O–H groups in total. The lowest BCUT2D eigenvalue weighted by molar-refractivity contribution is 0.482. The highest BCUT2D eigenvalue weighted by atomic mass is 16.5. The predicted molar refractivity (Wildman–Crippen MR) is 136 cm³/mol. The molecule has 0 unspecified atom stereocenters. The SMILES string of the molecule is CCC(c1ccc(Oc2cccc(N=[N+]=[N-])c2)cc1)c1ccc(Oc2cccc(N=[N+]=[N-])c2)cc1. The molecule has 4 rings (SSSR count). The standard InChI is InChI=1S/C27H22N6O2/c1-2-27(19-9-13-23(14-10-19)34-25-7-3-5-21(17-25)30-32-28)20-11-15-24(16-12-20)35-26-8-4-6-22(18-26)31-33-29/h3-18,27H,2H2,1H3. The Bertz CT molecular complexity index is 1280. The second kappa shape index (κ2) is 11.3. The molecular formula is C27H22N6O2. The molecule has 0 saturated carbocycles. The lowest BCUT2D eigenvalue weighted by Crippen LogP contribution is -1.99. The van der Waals surface area contributed by atoms with Crippen molar-refractivity contribution in [1.29, 1.82) is 0 Å². The molecule has 35 heavy (non-hydrogen) atoms. The Morgan fingerprint density at radius 3 is 1.43 bits per heavy atom. The summed E-state index contributed by atoms with van der Waals surface area (Å²) in [6.45, 7) is 2.15. The van der Waals surface area contributed by atoms with Gasteiger partial charge in [0.2, 0.25) is 0 Å². The van der Waals surface area contributed by atoms with Crippen molar-refractivity contribution >= 4 is 11.4 Å². The van der Waals surface area contributed by atoms with E-state index in [1.165, 1.54) is 11.1 Å². The summed E-state index contributed by atoms with van der Waals surface area (Å²) in [5, 5.41) is 7.21. The quantitative estimate of drug-likeness (QED) is 0.140. The van der Waals surface area contributed by atoms with E-state index in [0.29, 0.717) is 34.4 Å². The highest BCUT2D eigenvalue weighted by Crippen LogP contribution is 2.33. The van der Waals surface area contributed by atoms with Crippen LogP contribution in [0.3, 0.4) is 0 Å². The highest BCUT2D eigenvalue weighted by Gasteiger charge is 2.13. The van der Waals surface area contributed by atoms with E-state index in [4.69, 9.17) is 20.5 Å². The summed E-state index contributed by atoms with van der Waals surface area (Å²) in [6, 6.07) is 30.0. The van der Waals surface area contributed by atoms with E-state index >= 15 is 0 Å². The third kappa shape index (κ3) is 6.12. The van der Waals surface area contributed by atoms with Gasteiger partial charge < -0.3 is 9.47 Å². The molecule has 8 nitrogen and oxygen atoms in total. The normalized spacial score (nSPS) is 11.0. The Morgan fingerprint density at radius 1 is 0.629 bits per heavy atom. The smallest absolute Gasteiger partial charge is 0.127 e. The van der Waals surface area contributed by atoms with Crippen molar-refractivity contribution in [2.75, 3.05) is 0 Å². The fourth-order valence-electron chi connectivity index (χ4n) is 3.79. The number of hydrogen-bond donors (Lipinski definition) is 0. The largest absolute Gasteiger partial charge is 0.457 e. The van der Waals surface area contributed by atoms with E-state index < -0.39 is 0 Å². The zero-order valence-electron chi connectivity index (χ0n) is 19.0. The maximum atomic E-state index is 8.61. The van der Waals surface area contributed by atoms with Crippen molar-refractivity contribution < 1.29 is 9.47 Å². The van der Waals surface area contributed by atoms with Crippen LogP contribution in [0.1, 0.15) is 30.4 Å². The van der Waals surface area contributed by atoms with Gasteiger partial charge in [0.05, 0.1) is 0 Å². The van der Waals surface area contributed by atoms with Crippen LogP contribution in [0.15, 0.2) is 107 Å². The summed E-state index contributed by atoms with van der Waals surface area (Å²) in [7, 11) is 0. The fourth-order valence-corrected chi connectivity index (χ4v) is 3.79. The molecular weight excluding hydrogens is 440 g/mol. The van der Waals surface area contributed by atoms with Gasteiger partial charge in [-0.15, -0.1) is 0 Å². The van der Waals surface area contributed by atoms with E-state index in [9.17, 15) is 0 Å². The first-order valence-electron chi connectivity index (χ1n) is 11.0. The molecule has 172 valence electrons. The van der Waals surface area contributed by atoms with Gasteiger partial charge in [-0.05, 0) is 77.1 Å². The monoisotopic (exact) mass is 462 g/mol. The van der Waals surface area contributed by atoms with Crippen LogP contribution < -0.4 is 9.47 Å². The molecule has 0 aliphatic heterocycles. The molecule has 0 saturated heterocycles. The van der Waals surface area contributed by atoms with Gasteiger partial charge >= 0.3 is 0 Å². The Balaban J connectivity index is 1.45. The Kier molecular flexibility index (Phi) is 7.51. The zero-order valence-corrected chi connectivity index (χ0v) is 19.0. The van der Waals surface area contributed by atoms with Crippen LogP contribution in [0.4, 0.5) is 11.4 Å². The van der Waals surface area contributed by atoms with Gasteiger partial charge in [0, 0.05) is 27.1 Å². The van der Waals surface area contributed by atoms with E-state index in [0.717, 1.165) is 6.42 Å². The van der Waals surface area contributed by atoms with Crippen LogP contribution in [0.5, 0.6) is 23.0 Å². The maximum absolute atomic E-state index is 8.61. The van der Waals surface area contributed by atoms with Crippen LogP contribution in [-0.2, 0) is 0 Å². The molecule has 0 atom stereocenters.